The van der Waals surface area contributed by atoms with E-state index in [0.29, 0.717) is 0 Å². The SMILES string of the molecule is Cc1cc2ccccc2[nH]1.O=C(O)C(F)(F)F. The molecule has 0 amide bonds. The van der Waals surface area contributed by atoms with Gasteiger partial charge in [0.2, 0.25) is 0 Å². The van der Waals surface area contributed by atoms with Gasteiger partial charge in [0.1, 0.15) is 0 Å². The molecular formula is C11H10F3NO2. The summed E-state index contributed by atoms with van der Waals surface area (Å²) in [6.07, 6.45) is -5.08. The van der Waals surface area contributed by atoms with Gasteiger partial charge in [-0.25, -0.2) is 4.79 Å². The number of halogens is 3. The van der Waals surface area contributed by atoms with E-state index < -0.39 is 12.1 Å². The summed E-state index contributed by atoms with van der Waals surface area (Å²) in [4.78, 5) is 12.2. The molecule has 2 rings (SSSR count). The van der Waals surface area contributed by atoms with Crippen LogP contribution in [-0.2, 0) is 4.79 Å². The number of rotatable bonds is 0. The molecule has 0 aliphatic heterocycles. The molecule has 1 aromatic heterocycles. The zero-order chi connectivity index (χ0) is 13.1. The molecule has 17 heavy (non-hydrogen) atoms. The largest absolute Gasteiger partial charge is 0.490 e. The Morgan fingerprint density at radius 3 is 2.29 bits per heavy atom. The quantitative estimate of drug-likeness (QED) is 0.749. The molecule has 2 aromatic rings. The van der Waals surface area contributed by atoms with Gasteiger partial charge in [-0.3, -0.25) is 0 Å². The van der Waals surface area contributed by atoms with E-state index in [9.17, 15) is 13.2 Å². The molecule has 0 aliphatic carbocycles. The topological polar surface area (TPSA) is 53.1 Å². The van der Waals surface area contributed by atoms with Crippen molar-refractivity contribution in [3.63, 3.8) is 0 Å². The van der Waals surface area contributed by atoms with Crippen molar-refractivity contribution in [2.45, 2.75) is 13.1 Å². The molecule has 0 saturated carbocycles. The average Bonchev–Trinajstić information content (AvgIpc) is 2.57. The van der Waals surface area contributed by atoms with Crippen molar-refractivity contribution >= 4 is 16.9 Å². The predicted octanol–water partition coefficient (Wildman–Crippen LogP) is 3.11. The Balaban J connectivity index is 0.000000185. The van der Waals surface area contributed by atoms with E-state index in [-0.39, 0.29) is 0 Å². The van der Waals surface area contributed by atoms with Crippen molar-refractivity contribution < 1.29 is 23.1 Å². The number of para-hydroxylation sites is 1. The van der Waals surface area contributed by atoms with E-state index in [1.54, 1.807) is 0 Å². The van der Waals surface area contributed by atoms with E-state index in [1.165, 1.54) is 16.6 Å². The highest BCUT2D eigenvalue weighted by molar-refractivity contribution is 5.80. The number of hydrogen-bond acceptors (Lipinski definition) is 1. The number of aliphatic carboxylic acids is 1. The number of hydrogen-bond donors (Lipinski definition) is 2. The summed E-state index contributed by atoms with van der Waals surface area (Å²) in [5.74, 6) is -2.76. The van der Waals surface area contributed by atoms with Gasteiger partial charge in [-0.05, 0) is 24.4 Å². The van der Waals surface area contributed by atoms with E-state index in [2.05, 4.69) is 36.2 Å². The minimum absolute atomic E-state index is 1.22. The minimum atomic E-state index is -5.08. The highest BCUT2D eigenvalue weighted by atomic mass is 19.4. The van der Waals surface area contributed by atoms with Crippen molar-refractivity contribution in [1.29, 1.82) is 0 Å². The summed E-state index contributed by atoms with van der Waals surface area (Å²) in [6, 6.07) is 10.4. The molecule has 2 N–H and O–H groups in total. The van der Waals surface area contributed by atoms with Crippen LogP contribution in [0.3, 0.4) is 0 Å². The molecule has 0 spiro atoms. The van der Waals surface area contributed by atoms with E-state index >= 15 is 0 Å². The van der Waals surface area contributed by atoms with Crippen LogP contribution in [0, 0.1) is 6.92 Å². The number of carbonyl (C=O) groups is 1. The second-order valence-electron chi connectivity index (χ2n) is 3.34. The number of benzene rings is 1. The molecule has 0 atom stereocenters. The number of fused-ring (bicyclic) bond motifs is 1. The third kappa shape index (κ3) is 3.82. The lowest BCUT2D eigenvalue weighted by Crippen LogP contribution is -2.21. The Morgan fingerprint density at radius 2 is 1.82 bits per heavy atom. The average molecular weight is 245 g/mol. The third-order valence-electron chi connectivity index (χ3n) is 1.91. The van der Waals surface area contributed by atoms with Crippen molar-refractivity contribution in [1.82, 2.24) is 4.98 Å². The van der Waals surface area contributed by atoms with Crippen LogP contribution in [0.2, 0.25) is 0 Å². The van der Waals surface area contributed by atoms with Gasteiger partial charge in [-0.15, -0.1) is 0 Å². The maximum absolute atomic E-state index is 10.6. The van der Waals surface area contributed by atoms with Gasteiger partial charge in [0.15, 0.2) is 0 Å². The molecule has 0 aliphatic rings. The Bertz CT molecular complexity index is 484. The molecule has 0 unspecified atom stereocenters. The molecule has 92 valence electrons. The van der Waals surface area contributed by atoms with Crippen LogP contribution in [0.1, 0.15) is 5.69 Å². The van der Waals surface area contributed by atoms with Crippen molar-refractivity contribution in [3.8, 4) is 0 Å². The summed E-state index contributed by atoms with van der Waals surface area (Å²) in [5.41, 5.74) is 2.45. The predicted molar refractivity (Wildman–Crippen MR) is 56.7 cm³/mol. The van der Waals surface area contributed by atoms with E-state index in [0.717, 1.165) is 0 Å². The summed E-state index contributed by atoms with van der Waals surface area (Å²) in [5, 5.41) is 8.42. The molecule has 1 heterocycles. The number of aromatic nitrogens is 1. The molecule has 0 radical (unpaired) electrons. The Hall–Kier alpha value is -1.98. The van der Waals surface area contributed by atoms with E-state index in [4.69, 9.17) is 9.90 Å². The number of alkyl halides is 3. The lowest BCUT2D eigenvalue weighted by molar-refractivity contribution is -0.192. The highest BCUT2D eigenvalue weighted by Gasteiger charge is 2.38. The van der Waals surface area contributed by atoms with Gasteiger partial charge < -0.3 is 10.1 Å². The third-order valence-corrected chi connectivity index (χ3v) is 1.91. The fraction of sp³-hybridized carbons (Fsp3) is 0.182. The van der Waals surface area contributed by atoms with Gasteiger partial charge in [0.05, 0.1) is 0 Å². The smallest absolute Gasteiger partial charge is 0.475 e. The van der Waals surface area contributed by atoms with Gasteiger partial charge in [0, 0.05) is 11.2 Å². The zero-order valence-electron chi connectivity index (χ0n) is 8.88. The molecule has 3 nitrogen and oxygen atoms in total. The lowest BCUT2D eigenvalue weighted by Gasteiger charge is -1.93. The second-order valence-corrected chi connectivity index (χ2v) is 3.34. The number of aryl methyl sites for hydroxylation is 1. The number of carboxylic acids is 1. The van der Waals surface area contributed by atoms with Crippen LogP contribution >= 0.6 is 0 Å². The molecule has 1 aromatic carbocycles. The fourth-order valence-electron chi connectivity index (χ4n) is 1.22. The van der Waals surface area contributed by atoms with Crippen LogP contribution in [0.15, 0.2) is 30.3 Å². The molecule has 0 bridgehead atoms. The molecular weight excluding hydrogens is 235 g/mol. The zero-order valence-corrected chi connectivity index (χ0v) is 8.88. The molecule has 0 saturated heterocycles. The molecule has 6 heteroatoms. The first kappa shape index (κ1) is 13.1. The number of carboxylic acid groups (broad SMARTS) is 1. The van der Waals surface area contributed by atoms with Crippen LogP contribution in [-0.4, -0.2) is 22.2 Å². The number of aromatic amines is 1. The van der Waals surface area contributed by atoms with Crippen LogP contribution in [0.4, 0.5) is 13.2 Å². The standard InChI is InChI=1S/C9H9N.C2HF3O2/c1-7-6-8-4-2-3-5-9(8)10-7;3-2(4,5)1(6)7/h2-6,10H,1H3;(H,6,7). The lowest BCUT2D eigenvalue weighted by atomic mass is 10.2. The second kappa shape index (κ2) is 4.90. The first-order valence-electron chi connectivity index (χ1n) is 4.65. The van der Waals surface area contributed by atoms with Gasteiger partial charge in [-0.1, -0.05) is 18.2 Å². The van der Waals surface area contributed by atoms with Crippen molar-refractivity contribution in [2.24, 2.45) is 0 Å². The maximum atomic E-state index is 10.6. The van der Waals surface area contributed by atoms with Crippen LogP contribution < -0.4 is 0 Å². The summed E-state index contributed by atoms with van der Waals surface area (Å²) in [6.45, 7) is 2.07. The number of nitrogens with one attached hydrogen (secondary N) is 1. The van der Waals surface area contributed by atoms with Gasteiger partial charge in [-0.2, -0.15) is 13.2 Å². The van der Waals surface area contributed by atoms with Gasteiger partial charge in [0.25, 0.3) is 0 Å². The summed E-state index contributed by atoms with van der Waals surface area (Å²) < 4.78 is 31.7. The van der Waals surface area contributed by atoms with E-state index in [1.807, 2.05) is 6.07 Å². The Labute approximate surface area is 94.9 Å². The van der Waals surface area contributed by atoms with Crippen LogP contribution in [0.25, 0.3) is 10.9 Å². The highest BCUT2D eigenvalue weighted by Crippen LogP contribution is 2.13. The summed E-state index contributed by atoms with van der Waals surface area (Å²) in [7, 11) is 0. The summed E-state index contributed by atoms with van der Waals surface area (Å²) >= 11 is 0. The van der Waals surface area contributed by atoms with Gasteiger partial charge >= 0.3 is 12.1 Å². The first-order valence-corrected chi connectivity index (χ1v) is 4.65. The number of H-pyrrole nitrogens is 1. The van der Waals surface area contributed by atoms with Crippen molar-refractivity contribution in [2.75, 3.05) is 0 Å². The Kier molecular flexibility index (Phi) is 3.77. The molecule has 0 fully saturated rings. The monoisotopic (exact) mass is 245 g/mol. The van der Waals surface area contributed by atoms with Crippen LogP contribution in [0.5, 0.6) is 0 Å². The Morgan fingerprint density at radius 1 is 1.29 bits per heavy atom. The first-order chi connectivity index (χ1) is 7.80. The fourth-order valence-corrected chi connectivity index (χ4v) is 1.22. The minimum Gasteiger partial charge on any atom is -0.475 e. The maximum Gasteiger partial charge on any atom is 0.490 e. The normalized spacial score (nSPS) is 10.8. The van der Waals surface area contributed by atoms with Crippen molar-refractivity contribution in [3.05, 3.63) is 36.0 Å².